The zero-order chi connectivity index (χ0) is 22.1. The van der Waals surface area contributed by atoms with Crippen LogP contribution < -0.4 is 10.5 Å². The number of nitrogens with two attached hydrogens (primary N) is 1. The van der Waals surface area contributed by atoms with Crippen molar-refractivity contribution in [2.75, 3.05) is 6.26 Å². The number of hydrogen-bond acceptors (Lipinski definition) is 6. The zero-order valence-corrected chi connectivity index (χ0v) is 18.1. The summed E-state index contributed by atoms with van der Waals surface area (Å²) in [5, 5.41) is 4.31. The van der Waals surface area contributed by atoms with Crippen molar-refractivity contribution in [3.8, 4) is 17.1 Å². The molecule has 2 aromatic heterocycles. The van der Waals surface area contributed by atoms with E-state index in [1.807, 2.05) is 20.8 Å². The van der Waals surface area contributed by atoms with Crippen LogP contribution in [0.5, 0.6) is 5.75 Å². The van der Waals surface area contributed by atoms with Gasteiger partial charge >= 0.3 is 0 Å². The molecule has 0 aliphatic carbocycles. The van der Waals surface area contributed by atoms with E-state index in [-0.39, 0.29) is 17.0 Å². The van der Waals surface area contributed by atoms with Gasteiger partial charge in [0.05, 0.1) is 34.1 Å². The van der Waals surface area contributed by atoms with E-state index >= 15 is 0 Å². The van der Waals surface area contributed by atoms with Crippen molar-refractivity contribution in [2.24, 2.45) is 5.73 Å². The predicted octanol–water partition coefficient (Wildman–Crippen LogP) is 2.78. The lowest BCUT2D eigenvalue weighted by molar-refractivity contribution is 0.100. The Hall–Kier alpha value is -3.20. The molecular formula is C21H24N4O4S. The van der Waals surface area contributed by atoms with Gasteiger partial charge in [-0.25, -0.2) is 8.42 Å². The number of benzene rings is 1. The molecule has 0 bridgehead atoms. The molecule has 0 unspecified atom stereocenters. The summed E-state index contributed by atoms with van der Waals surface area (Å²) in [6, 6.07) is 10.1. The van der Waals surface area contributed by atoms with Gasteiger partial charge in [0.15, 0.2) is 9.84 Å². The van der Waals surface area contributed by atoms with Crippen LogP contribution in [-0.4, -0.2) is 35.3 Å². The predicted molar refractivity (Wildman–Crippen MR) is 113 cm³/mol. The normalized spacial score (nSPS) is 12.0. The lowest BCUT2D eigenvalue weighted by Gasteiger charge is -2.22. The second-order valence-electron chi connectivity index (χ2n) is 7.94. The molecule has 0 aliphatic heterocycles. The quantitative estimate of drug-likeness (QED) is 0.645. The highest BCUT2D eigenvalue weighted by atomic mass is 32.2. The standard InChI is InChI=1S/C21H24N4O4S/c1-21(2,3)25-19(17(12-24-25)20(22)26)18-9-8-15(11-23-18)29-13-14-6-5-7-16(10-14)30(4,27)28/h5-12H,13H2,1-4H3,(H2,22,26). The summed E-state index contributed by atoms with van der Waals surface area (Å²) >= 11 is 0. The van der Waals surface area contributed by atoms with Crippen molar-refractivity contribution in [3.63, 3.8) is 0 Å². The van der Waals surface area contributed by atoms with Crippen LogP contribution in [0.25, 0.3) is 11.4 Å². The van der Waals surface area contributed by atoms with Crippen LogP contribution in [0.15, 0.2) is 53.7 Å². The fraction of sp³-hybridized carbons (Fsp3) is 0.286. The maximum atomic E-state index is 11.8. The third-order valence-corrected chi connectivity index (χ3v) is 5.49. The highest BCUT2D eigenvalue weighted by molar-refractivity contribution is 7.90. The van der Waals surface area contributed by atoms with Crippen LogP contribution in [0.4, 0.5) is 0 Å². The van der Waals surface area contributed by atoms with Gasteiger partial charge in [-0.15, -0.1) is 0 Å². The first-order valence-corrected chi connectivity index (χ1v) is 11.1. The fourth-order valence-corrected chi connectivity index (χ4v) is 3.61. The Balaban J connectivity index is 1.83. The van der Waals surface area contributed by atoms with Gasteiger partial charge in [0.2, 0.25) is 0 Å². The first kappa shape index (κ1) is 21.5. The molecule has 0 aliphatic rings. The van der Waals surface area contributed by atoms with Gasteiger partial charge < -0.3 is 10.5 Å². The topological polar surface area (TPSA) is 117 Å². The van der Waals surface area contributed by atoms with Crippen molar-refractivity contribution < 1.29 is 17.9 Å². The monoisotopic (exact) mass is 428 g/mol. The second kappa shape index (κ2) is 7.91. The average Bonchev–Trinajstić information content (AvgIpc) is 3.12. The minimum absolute atomic E-state index is 0.191. The lowest BCUT2D eigenvalue weighted by atomic mass is 10.1. The number of pyridine rings is 1. The molecule has 158 valence electrons. The molecule has 0 saturated heterocycles. The minimum Gasteiger partial charge on any atom is -0.487 e. The Labute approximate surface area is 175 Å². The summed E-state index contributed by atoms with van der Waals surface area (Å²) in [7, 11) is -3.28. The summed E-state index contributed by atoms with van der Waals surface area (Å²) in [5.74, 6) is -0.0701. The van der Waals surface area contributed by atoms with Gasteiger partial charge in [0.1, 0.15) is 18.1 Å². The number of sulfone groups is 1. The second-order valence-corrected chi connectivity index (χ2v) is 9.96. The van der Waals surface area contributed by atoms with Crippen molar-refractivity contribution in [1.29, 1.82) is 0 Å². The minimum atomic E-state index is -3.28. The number of hydrogen-bond donors (Lipinski definition) is 1. The van der Waals surface area contributed by atoms with Gasteiger partial charge in [0, 0.05) is 6.26 Å². The van der Waals surface area contributed by atoms with Crippen LogP contribution in [0.2, 0.25) is 0 Å². The maximum Gasteiger partial charge on any atom is 0.252 e. The van der Waals surface area contributed by atoms with E-state index in [9.17, 15) is 13.2 Å². The number of ether oxygens (including phenoxy) is 1. The molecule has 3 rings (SSSR count). The SMILES string of the molecule is CC(C)(C)n1ncc(C(N)=O)c1-c1ccc(OCc2cccc(S(C)(=O)=O)c2)cn1. The van der Waals surface area contributed by atoms with Crippen LogP contribution in [0, 0.1) is 0 Å². The van der Waals surface area contributed by atoms with Gasteiger partial charge in [-0.1, -0.05) is 12.1 Å². The largest absolute Gasteiger partial charge is 0.487 e. The molecule has 0 radical (unpaired) electrons. The third-order valence-electron chi connectivity index (χ3n) is 4.38. The number of carbonyl (C=O) groups excluding carboxylic acids is 1. The van der Waals surface area contributed by atoms with E-state index in [1.165, 1.54) is 6.20 Å². The Kier molecular flexibility index (Phi) is 5.67. The Bertz CT molecular complexity index is 1180. The molecule has 0 saturated carbocycles. The molecule has 0 fully saturated rings. The summed E-state index contributed by atoms with van der Waals surface area (Å²) < 4.78 is 30.8. The molecule has 0 spiro atoms. The molecule has 9 heteroatoms. The zero-order valence-electron chi connectivity index (χ0n) is 17.3. The van der Waals surface area contributed by atoms with Crippen LogP contribution in [0.1, 0.15) is 36.7 Å². The van der Waals surface area contributed by atoms with Gasteiger partial charge in [-0.2, -0.15) is 5.10 Å². The highest BCUT2D eigenvalue weighted by Crippen LogP contribution is 2.28. The highest BCUT2D eigenvalue weighted by Gasteiger charge is 2.25. The number of aromatic nitrogens is 3. The first-order valence-electron chi connectivity index (χ1n) is 9.23. The molecule has 2 heterocycles. The van der Waals surface area contributed by atoms with E-state index in [0.717, 1.165) is 11.8 Å². The molecule has 8 nitrogen and oxygen atoms in total. The first-order chi connectivity index (χ1) is 14.0. The molecule has 1 aromatic carbocycles. The molecule has 1 amide bonds. The van der Waals surface area contributed by atoms with E-state index in [1.54, 1.807) is 47.3 Å². The maximum absolute atomic E-state index is 11.8. The summed E-state index contributed by atoms with van der Waals surface area (Å²) in [6.45, 7) is 6.10. The van der Waals surface area contributed by atoms with Gasteiger partial charge in [-0.3, -0.25) is 14.5 Å². The number of amides is 1. The number of rotatable bonds is 6. The molecule has 30 heavy (non-hydrogen) atoms. The number of carbonyl (C=O) groups is 1. The Morgan fingerprint density at radius 2 is 1.90 bits per heavy atom. The Morgan fingerprint density at radius 1 is 1.17 bits per heavy atom. The summed E-state index contributed by atoms with van der Waals surface area (Å²) in [4.78, 5) is 16.5. The lowest BCUT2D eigenvalue weighted by Crippen LogP contribution is -2.25. The smallest absolute Gasteiger partial charge is 0.252 e. The van der Waals surface area contributed by atoms with E-state index in [0.29, 0.717) is 22.7 Å². The van der Waals surface area contributed by atoms with Crippen molar-refractivity contribution in [3.05, 3.63) is 59.9 Å². The van der Waals surface area contributed by atoms with Crippen LogP contribution in [-0.2, 0) is 22.0 Å². The van der Waals surface area contributed by atoms with Crippen molar-refractivity contribution in [2.45, 2.75) is 37.8 Å². The van der Waals surface area contributed by atoms with E-state index in [4.69, 9.17) is 10.5 Å². The third kappa shape index (κ3) is 4.68. The summed E-state index contributed by atoms with van der Waals surface area (Å²) in [6.07, 6.45) is 4.16. The van der Waals surface area contributed by atoms with Crippen LogP contribution >= 0.6 is 0 Å². The number of nitrogens with zero attached hydrogens (tertiary/aromatic N) is 3. The molecular weight excluding hydrogens is 404 g/mol. The fourth-order valence-electron chi connectivity index (χ4n) is 2.92. The molecule has 0 atom stereocenters. The van der Waals surface area contributed by atoms with E-state index < -0.39 is 15.7 Å². The molecule has 3 aromatic rings. The summed E-state index contributed by atoms with van der Waals surface area (Å²) in [5.41, 5.74) is 7.24. The van der Waals surface area contributed by atoms with Gasteiger partial charge in [0.25, 0.3) is 5.91 Å². The molecule has 2 N–H and O–H groups in total. The average molecular weight is 429 g/mol. The van der Waals surface area contributed by atoms with E-state index in [2.05, 4.69) is 10.1 Å². The van der Waals surface area contributed by atoms with Crippen LogP contribution in [0.3, 0.4) is 0 Å². The van der Waals surface area contributed by atoms with Crippen molar-refractivity contribution >= 4 is 15.7 Å². The van der Waals surface area contributed by atoms with Gasteiger partial charge in [-0.05, 0) is 50.6 Å². The Morgan fingerprint density at radius 3 is 2.47 bits per heavy atom. The van der Waals surface area contributed by atoms with Crippen molar-refractivity contribution in [1.82, 2.24) is 14.8 Å². The number of primary amides is 1.